The Hall–Kier alpha value is -0.900. The van der Waals surface area contributed by atoms with Gasteiger partial charge in [-0.25, -0.2) is 0 Å². The Morgan fingerprint density at radius 1 is 1.24 bits per heavy atom. The van der Waals surface area contributed by atoms with E-state index < -0.39 is 0 Å². The number of hydrogen-bond acceptors (Lipinski definition) is 3. The molecule has 1 atom stereocenters. The molecule has 116 valence electrons. The molecular formula is C18H29N3. The van der Waals surface area contributed by atoms with E-state index in [0.717, 1.165) is 12.5 Å². The van der Waals surface area contributed by atoms with Gasteiger partial charge in [0.1, 0.15) is 0 Å². The second-order valence-electron chi connectivity index (χ2n) is 6.68. The van der Waals surface area contributed by atoms with Crippen molar-refractivity contribution >= 4 is 0 Å². The molecular weight excluding hydrogens is 258 g/mol. The maximum Gasteiger partial charge on any atom is 0.0470 e. The van der Waals surface area contributed by atoms with E-state index in [2.05, 4.69) is 41.1 Å². The molecule has 21 heavy (non-hydrogen) atoms. The van der Waals surface area contributed by atoms with Crippen LogP contribution in [0.2, 0.25) is 0 Å². The molecule has 2 aliphatic rings. The highest BCUT2D eigenvalue weighted by atomic mass is 15.2. The summed E-state index contributed by atoms with van der Waals surface area (Å²) in [5.41, 5.74) is 9.13. The average Bonchev–Trinajstić information content (AvgIpc) is 3.22. The van der Waals surface area contributed by atoms with Gasteiger partial charge >= 0.3 is 0 Å². The fraction of sp³-hybridized carbons (Fsp3) is 0.667. The third-order valence-corrected chi connectivity index (χ3v) is 5.10. The van der Waals surface area contributed by atoms with Crippen LogP contribution in [-0.2, 0) is 0 Å². The Labute approximate surface area is 129 Å². The third kappa shape index (κ3) is 3.65. The minimum Gasteiger partial charge on any atom is -0.329 e. The minimum absolute atomic E-state index is 0.365. The first-order valence-corrected chi connectivity index (χ1v) is 8.51. The Balaban J connectivity index is 1.65. The summed E-state index contributed by atoms with van der Waals surface area (Å²) in [6, 6.07) is 9.30. The first kappa shape index (κ1) is 15.0. The van der Waals surface area contributed by atoms with Gasteiger partial charge in [0.2, 0.25) is 0 Å². The van der Waals surface area contributed by atoms with E-state index in [0.29, 0.717) is 12.6 Å². The summed E-state index contributed by atoms with van der Waals surface area (Å²) in [6.07, 6.45) is 5.45. The van der Waals surface area contributed by atoms with Crippen LogP contribution in [0.1, 0.15) is 48.8 Å². The molecule has 3 nitrogen and oxygen atoms in total. The zero-order valence-electron chi connectivity index (χ0n) is 13.3. The lowest BCUT2D eigenvalue weighted by Gasteiger charge is -2.30. The number of hydrogen-bond donors (Lipinski definition) is 1. The predicted molar refractivity (Wildman–Crippen MR) is 88.5 cm³/mol. The molecule has 2 fully saturated rings. The fourth-order valence-electron chi connectivity index (χ4n) is 3.59. The van der Waals surface area contributed by atoms with Crippen LogP contribution in [0, 0.1) is 0 Å². The van der Waals surface area contributed by atoms with E-state index in [9.17, 15) is 0 Å². The molecule has 1 heterocycles. The summed E-state index contributed by atoms with van der Waals surface area (Å²) < 4.78 is 0. The van der Waals surface area contributed by atoms with Crippen LogP contribution in [0.25, 0.3) is 0 Å². The van der Waals surface area contributed by atoms with E-state index in [1.54, 1.807) is 5.56 Å². The van der Waals surface area contributed by atoms with Gasteiger partial charge in [-0.1, -0.05) is 24.3 Å². The van der Waals surface area contributed by atoms with Crippen molar-refractivity contribution in [2.24, 2.45) is 5.73 Å². The Morgan fingerprint density at radius 3 is 2.62 bits per heavy atom. The van der Waals surface area contributed by atoms with Crippen molar-refractivity contribution in [3.63, 3.8) is 0 Å². The van der Waals surface area contributed by atoms with Crippen molar-refractivity contribution in [3.05, 3.63) is 35.4 Å². The van der Waals surface area contributed by atoms with Gasteiger partial charge in [0.05, 0.1) is 0 Å². The van der Waals surface area contributed by atoms with E-state index in [4.69, 9.17) is 5.73 Å². The third-order valence-electron chi connectivity index (χ3n) is 5.10. The molecule has 1 aromatic rings. The molecule has 3 heteroatoms. The molecule has 1 saturated heterocycles. The molecule has 0 radical (unpaired) electrons. The first-order chi connectivity index (χ1) is 10.3. The highest BCUT2D eigenvalue weighted by Crippen LogP contribution is 2.43. The Kier molecular flexibility index (Phi) is 4.94. The fourth-order valence-corrected chi connectivity index (χ4v) is 3.59. The van der Waals surface area contributed by atoms with Crippen LogP contribution < -0.4 is 5.73 Å². The lowest BCUT2D eigenvalue weighted by molar-refractivity contribution is 0.209. The molecule has 0 bridgehead atoms. The standard InChI is InChI=1S/C18H29N3/c1-20(12-13-21-10-4-5-11-21)18(14-19)17-7-3-2-6-16(17)15-8-9-15/h2-3,6-7,15,18H,4-5,8-14,19H2,1H3. The quantitative estimate of drug-likeness (QED) is 0.836. The second-order valence-corrected chi connectivity index (χ2v) is 6.68. The first-order valence-electron chi connectivity index (χ1n) is 8.51. The van der Waals surface area contributed by atoms with Crippen molar-refractivity contribution in [3.8, 4) is 0 Å². The number of likely N-dealkylation sites (N-methyl/N-ethyl adjacent to an activating group) is 1. The summed E-state index contributed by atoms with van der Waals surface area (Å²) in [5, 5.41) is 0. The normalized spacial score (nSPS) is 21.1. The number of rotatable bonds is 7. The van der Waals surface area contributed by atoms with E-state index in [1.807, 2.05) is 0 Å². The summed E-state index contributed by atoms with van der Waals surface area (Å²) >= 11 is 0. The highest BCUT2D eigenvalue weighted by Gasteiger charge is 2.29. The molecule has 0 amide bonds. The zero-order chi connectivity index (χ0) is 14.7. The molecule has 2 N–H and O–H groups in total. The van der Waals surface area contributed by atoms with Crippen LogP contribution in [0.15, 0.2) is 24.3 Å². The van der Waals surface area contributed by atoms with Crippen molar-refractivity contribution in [2.75, 3.05) is 39.8 Å². The van der Waals surface area contributed by atoms with Gasteiger partial charge in [0, 0.05) is 25.7 Å². The van der Waals surface area contributed by atoms with E-state index in [-0.39, 0.29) is 0 Å². The number of nitrogens with zero attached hydrogens (tertiary/aromatic N) is 2. The van der Waals surface area contributed by atoms with Crippen LogP contribution in [-0.4, -0.2) is 49.6 Å². The van der Waals surface area contributed by atoms with Gasteiger partial charge in [-0.15, -0.1) is 0 Å². The van der Waals surface area contributed by atoms with Crippen LogP contribution in [0.3, 0.4) is 0 Å². The lowest BCUT2D eigenvalue weighted by atomic mass is 9.96. The smallest absolute Gasteiger partial charge is 0.0470 e. The average molecular weight is 287 g/mol. The molecule has 1 aliphatic carbocycles. The lowest BCUT2D eigenvalue weighted by Crippen LogP contribution is -2.37. The van der Waals surface area contributed by atoms with Gasteiger partial charge < -0.3 is 10.6 Å². The second kappa shape index (κ2) is 6.91. The van der Waals surface area contributed by atoms with Gasteiger partial charge in [0.25, 0.3) is 0 Å². The molecule has 0 aromatic heterocycles. The van der Waals surface area contributed by atoms with Crippen LogP contribution in [0.4, 0.5) is 0 Å². The summed E-state index contributed by atoms with van der Waals surface area (Å²) in [5.74, 6) is 0.794. The predicted octanol–water partition coefficient (Wildman–Crippen LogP) is 2.59. The molecule has 1 aliphatic heterocycles. The largest absolute Gasteiger partial charge is 0.329 e. The number of nitrogens with two attached hydrogens (primary N) is 1. The maximum atomic E-state index is 6.12. The number of benzene rings is 1. The summed E-state index contributed by atoms with van der Waals surface area (Å²) in [7, 11) is 2.23. The topological polar surface area (TPSA) is 32.5 Å². The summed E-state index contributed by atoms with van der Waals surface area (Å²) in [6.45, 7) is 5.55. The molecule has 3 rings (SSSR count). The van der Waals surface area contributed by atoms with Gasteiger partial charge in [-0.05, 0) is 62.9 Å². The van der Waals surface area contributed by atoms with Crippen molar-refractivity contribution in [1.82, 2.24) is 9.80 Å². The SMILES string of the molecule is CN(CCN1CCCC1)C(CN)c1ccccc1C1CC1. The monoisotopic (exact) mass is 287 g/mol. The molecule has 1 aromatic carbocycles. The number of likely N-dealkylation sites (tertiary alicyclic amines) is 1. The minimum atomic E-state index is 0.365. The highest BCUT2D eigenvalue weighted by molar-refractivity contribution is 5.35. The molecule has 1 unspecified atom stereocenters. The van der Waals surface area contributed by atoms with E-state index in [1.165, 1.54) is 50.9 Å². The maximum absolute atomic E-state index is 6.12. The molecule has 1 saturated carbocycles. The summed E-state index contributed by atoms with van der Waals surface area (Å²) in [4.78, 5) is 5.04. The molecule has 0 spiro atoms. The van der Waals surface area contributed by atoms with Crippen molar-refractivity contribution in [2.45, 2.75) is 37.6 Å². The van der Waals surface area contributed by atoms with Gasteiger partial charge in [-0.3, -0.25) is 4.90 Å². The van der Waals surface area contributed by atoms with Crippen molar-refractivity contribution in [1.29, 1.82) is 0 Å². The van der Waals surface area contributed by atoms with Crippen molar-refractivity contribution < 1.29 is 0 Å². The Morgan fingerprint density at radius 2 is 1.95 bits per heavy atom. The Bertz CT molecular complexity index is 450. The van der Waals surface area contributed by atoms with Crippen LogP contribution in [0.5, 0.6) is 0 Å². The van der Waals surface area contributed by atoms with Crippen LogP contribution >= 0.6 is 0 Å². The van der Waals surface area contributed by atoms with Gasteiger partial charge in [-0.2, -0.15) is 0 Å². The van der Waals surface area contributed by atoms with E-state index >= 15 is 0 Å². The van der Waals surface area contributed by atoms with Gasteiger partial charge in [0.15, 0.2) is 0 Å². The zero-order valence-corrected chi connectivity index (χ0v) is 13.3.